The van der Waals surface area contributed by atoms with Crippen molar-refractivity contribution in [2.24, 2.45) is 0 Å². The molecule has 3 heterocycles. The first-order valence-corrected chi connectivity index (χ1v) is 8.59. The number of hydrogen-bond acceptors (Lipinski definition) is 7. The van der Waals surface area contributed by atoms with Gasteiger partial charge in [-0.25, -0.2) is 9.97 Å². The van der Waals surface area contributed by atoms with Crippen LogP contribution in [0.5, 0.6) is 0 Å². The molecule has 8 heteroatoms. The second kappa shape index (κ2) is 8.18. The Morgan fingerprint density at radius 3 is 2.93 bits per heavy atom. The predicted molar refractivity (Wildman–Crippen MR) is 99.3 cm³/mol. The molecular formula is C19H21N5O3. The summed E-state index contributed by atoms with van der Waals surface area (Å²) in [7, 11) is 0. The number of ether oxygens (including phenoxy) is 2. The highest BCUT2D eigenvalue weighted by Crippen LogP contribution is 2.33. The van der Waals surface area contributed by atoms with Crippen molar-refractivity contribution in [1.82, 2.24) is 14.5 Å². The minimum absolute atomic E-state index is 0.150. The zero-order chi connectivity index (χ0) is 19.4. The molecular weight excluding hydrogens is 346 g/mol. The number of esters is 1. The predicted octanol–water partition coefficient (Wildman–Crippen LogP) is 2.55. The van der Waals surface area contributed by atoms with Crippen LogP contribution in [0.1, 0.15) is 32.6 Å². The van der Waals surface area contributed by atoms with Crippen molar-refractivity contribution < 1.29 is 14.3 Å². The highest BCUT2D eigenvalue weighted by molar-refractivity contribution is 5.93. The molecule has 2 radical (unpaired) electrons. The van der Waals surface area contributed by atoms with E-state index in [1.54, 1.807) is 10.8 Å². The largest absolute Gasteiger partial charge is 0.463 e. The van der Waals surface area contributed by atoms with Crippen LogP contribution in [-0.4, -0.2) is 39.8 Å². The van der Waals surface area contributed by atoms with Gasteiger partial charge < -0.3 is 19.4 Å². The number of nitrogens with one attached hydrogen (secondary N) is 1. The summed E-state index contributed by atoms with van der Waals surface area (Å²) >= 11 is 0. The first kappa shape index (κ1) is 18.9. The van der Waals surface area contributed by atoms with E-state index in [2.05, 4.69) is 21.4 Å². The van der Waals surface area contributed by atoms with Gasteiger partial charge in [-0.1, -0.05) is 11.6 Å². The monoisotopic (exact) mass is 367 g/mol. The Kier molecular flexibility index (Phi) is 5.72. The number of nitriles is 1. The molecule has 2 aromatic rings. The molecule has 0 spiro atoms. The third kappa shape index (κ3) is 4.26. The maximum atomic E-state index is 11.0. The lowest BCUT2D eigenvalue weighted by molar-refractivity contribution is -0.144. The summed E-state index contributed by atoms with van der Waals surface area (Å²) in [6.45, 7) is 6.15. The van der Waals surface area contributed by atoms with E-state index >= 15 is 0 Å². The van der Waals surface area contributed by atoms with Crippen molar-refractivity contribution in [3.8, 4) is 6.07 Å². The van der Waals surface area contributed by atoms with Gasteiger partial charge in [0.2, 0.25) is 0 Å². The summed E-state index contributed by atoms with van der Waals surface area (Å²) in [6, 6.07) is 2.20. The Morgan fingerprint density at radius 2 is 2.22 bits per heavy atom. The standard InChI is InChI=1S/C19H21N5O3/c1-12(2)6-7-21-18-17-14(8-20)9-24(19(17)23-11-22-18)16-5-4-15(27-16)10-26-13(3)25/h4-6,9,11,15-16H,7,10H2,1-3H3,(H,21,22,23)/t15?,16-/m1/s1. The van der Waals surface area contributed by atoms with Crippen LogP contribution in [0, 0.1) is 24.2 Å². The lowest BCUT2D eigenvalue weighted by Gasteiger charge is -2.15. The van der Waals surface area contributed by atoms with Crippen LogP contribution >= 0.6 is 0 Å². The molecule has 0 aliphatic carbocycles. The molecule has 1 unspecified atom stereocenters. The van der Waals surface area contributed by atoms with Gasteiger partial charge in [-0.2, -0.15) is 5.26 Å². The van der Waals surface area contributed by atoms with E-state index in [0.717, 1.165) is 0 Å². The molecule has 0 saturated carbocycles. The van der Waals surface area contributed by atoms with Gasteiger partial charge in [0.05, 0.1) is 17.1 Å². The first-order chi connectivity index (χ1) is 13.0. The van der Waals surface area contributed by atoms with Crippen LogP contribution in [0.3, 0.4) is 0 Å². The average Bonchev–Trinajstić information content (AvgIpc) is 3.24. The normalized spacial score (nSPS) is 18.9. The van der Waals surface area contributed by atoms with E-state index in [1.165, 1.54) is 18.8 Å². The quantitative estimate of drug-likeness (QED) is 0.618. The number of carbonyl (C=O) groups is 1. The number of allylic oxidation sites excluding steroid dienone is 1. The number of carbonyl (C=O) groups excluding carboxylic acids is 1. The highest BCUT2D eigenvalue weighted by atomic mass is 16.6. The van der Waals surface area contributed by atoms with E-state index in [1.807, 2.05) is 32.8 Å². The molecule has 1 saturated heterocycles. The number of rotatable bonds is 6. The van der Waals surface area contributed by atoms with E-state index in [-0.39, 0.29) is 18.7 Å². The number of fused-ring (bicyclic) bond motifs is 1. The van der Waals surface area contributed by atoms with Gasteiger partial charge in [0.15, 0.2) is 0 Å². The Hall–Kier alpha value is -2.92. The molecule has 1 aliphatic heterocycles. The molecule has 1 aliphatic rings. The van der Waals surface area contributed by atoms with Crippen LogP contribution < -0.4 is 5.32 Å². The SMILES string of the molecule is CC(=O)OCC1[CH][CH][C@H](n2cc(C#N)c3c(NCC=C(C)C)ncnc32)O1. The van der Waals surface area contributed by atoms with Crippen LogP contribution in [0.15, 0.2) is 24.2 Å². The molecule has 140 valence electrons. The van der Waals surface area contributed by atoms with Gasteiger partial charge >= 0.3 is 5.97 Å². The van der Waals surface area contributed by atoms with Gasteiger partial charge in [-0.3, -0.25) is 4.79 Å². The van der Waals surface area contributed by atoms with Crippen molar-refractivity contribution in [3.63, 3.8) is 0 Å². The zero-order valence-electron chi connectivity index (χ0n) is 15.5. The van der Waals surface area contributed by atoms with E-state index in [9.17, 15) is 10.1 Å². The smallest absolute Gasteiger partial charge is 0.302 e. The topological polar surface area (TPSA) is 102 Å². The third-order valence-corrected chi connectivity index (χ3v) is 4.04. The average molecular weight is 367 g/mol. The highest BCUT2D eigenvalue weighted by Gasteiger charge is 2.30. The Morgan fingerprint density at radius 1 is 1.41 bits per heavy atom. The fraction of sp³-hybridized carbons (Fsp3) is 0.368. The molecule has 27 heavy (non-hydrogen) atoms. The molecule has 3 rings (SSSR count). The van der Waals surface area contributed by atoms with E-state index < -0.39 is 6.23 Å². The maximum Gasteiger partial charge on any atom is 0.302 e. The second-order valence-electron chi connectivity index (χ2n) is 6.40. The van der Waals surface area contributed by atoms with Crippen molar-refractivity contribution in [1.29, 1.82) is 5.26 Å². The molecule has 0 amide bonds. The third-order valence-electron chi connectivity index (χ3n) is 4.04. The van der Waals surface area contributed by atoms with Crippen molar-refractivity contribution in [2.45, 2.75) is 33.1 Å². The van der Waals surface area contributed by atoms with Crippen molar-refractivity contribution in [3.05, 3.63) is 42.6 Å². The molecule has 1 fully saturated rings. The van der Waals surface area contributed by atoms with Gasteiger partial charge in [0, 0.05) is 32.5 Å². The summed E-state index contributed by atoms with van der Waals surface area (Å²) in [5.74, 6) is 0.250. The second-order valence-corrected chi connectivity index (χ2v) is 6.40. The summed E-state index contributed by atoms with van der Waals surface area (Å²) in [5.41, 5.74) is 2.25. The minimum Gasteiger partial charge on any atom is -0.463 e. The van der Waals surface area contributed by atoms with E-state index in [4.69, 9.17) is 9.47 Å². The summed E-state index contributed by atoms with van der Waals surface area (Å²) < 4.78 is 12.7. The van der Waals surface area contributed by atoms with Gasteiger partial charge in [0.1, 0.15) is 36.7 Å². The van der Waals surface area contributed by atoms with Gasteiger partial charge in [-0.05, 0) is 13.8 Å². The lowest BCUT2D eigenvalue weighted by Crippen LogP contribution is -2.18. The maximum absolute atomic E-state index is 11.0. The van der Waals surface area contributed by atoms with Gasteiger partial charge in [0.25, 0.3) is 0 Å². The number of aromatic nitrogens is 3. The van der Waals surface area contributed by atoms with E-state index in [0.29, 0.717) is 29.0 Å². The molecule has 8 nitrogen and oxygen atoms in total. The van der Waals surface area contributed by atoms with Crippen molar-refractivity contribution in [2.75, 3.05) is 18.5 Å². The molecule has 2 atom stereocenters. The summed E-state index contributed by atoms with van der Waals surface area (Å²) in [4.78, 5) is 19.6. The first-order valence-electron chi connectivity index (χ1n) is 8.59. The van der Waals surface area contributed by atoms with Crippen LogP contribution in [0.4, 0.5) is 5.82 Å². The number of hydrogen-bond donors (Lipinski definition) is 1. The summed E-state index contributed by atoms with van der Waals surface area (Å²) in [5, 5.41) is 13.4. The van der Waals surface area contributed by atoms with Crippen LogP contribution in [0.2, 0.25) is 0 Å². The van der Waals surface area contributed by atoms with Crippen LogP contribution in [-0.2, 0) is 14.3 Å². The molecule has 0 bridgehead atoms. The lowest BCUT2D eigenvalue weighted by atomic mass is 10.2. The van der Waals surface area contributed by atoms with Crippen molar-refractivity contribution >= 4 is 22.8 Å². The fourth-order valence-electron chi connectivity index (χ4n) is 2.79. The van der Waals surface area contributed by atoms with Gasteiger partial charge in [-0.15, -0.1) is 0 Å². The fourth-order valence-corrected chi connectivity index (χ4v) is 2.79. The minimum atomic E-state index is -0.435. The van der Waals surface area contributed by atoms with Crippen LogP contribution in [0.25, 0.3) is 11.0 Å². The molecule has 2 aromatic heterocycles. The Labute approximate surface area is 157 Å². The zero-order valence-corrected chi connectivity index (χ0v) is 15.5. The molecule has 1 N–H and O–H groups in total. The number of nitrogens with zero attached hydrogens (tertiary/aromatic N) is 4. The number of anilines is 1. The Bertz CT molecular complexity index is 908. The molecule has 0 aromatic carbocycles. The Balaban J connectivity index is 1.86. The summed E-state index contributed by atoms with van der Waals surface area (Å²) in [6.07, 6.45) is 8.12.